The minimum absolute atomic E-state index is 0.0844. The van der Waals surface area contributed by atoms with E-state index in [2.05, 4.69) is 5.32 Å². The van der Waals surface area contributed by atoms with Crippen LogP contribution in [0, 0.1) is 0 Å². The van der Waals surface area contributed by atoms with Gasteiger partial charge in [0.05, 0.1) is 5.69 Å². The smallest absolute Gasteiger partial charge is 0.321 e. The molecule has 98 valence electrons. The molecule has 0 saturated carbocycles. The van der Waals surface area contributed by atoms with Gasteiger partial charge in [-0.3, -0.25) is 4.79 Å². The van der Waals surface area contributed by atoms with Crippen molar-refractivity contribution >= 4 is 21.8 Å². The normalized spacial score (nSPS) is 11.0. The van der Waals surface area contributed by atoms with Crippen molar-refractivity contribution < 1.29 is 17.1 Å². The second-order valence-electron chi connectivity index (χ2n) is 3.75. The molecule has 1 amide bonds. The molecule has 0 bridgehead atoms. The fourth-order valence-electron chi connectivity index (χ4n) is 1.57. The molecule has 0 aliphatic rings. The Balaban J connectivity index is 2.33. The van der Waals surface area contributed by atoms with Gasteiger partial charge in [0.25, 0.3) is 5.91 Å². The second kappa shape index (κ2) is 5.19. The van der Waals surface area contributed by atoms with Crippen LogP contribution in [0.1, 0.15) is 10.4 Å². The zero-order chi connectivity index (χ0) is 13.9. The van der Waals surface area contributed by atoms with Crippen LogP contribution < -0.4 is 5.32 Å². The van der Waals surface area contributed by atoms with Crippen LogP contribution in [0.3, 0.4) is 0 Å². The summed E-state index contributed by atoms with van der Waals surface area (Å²) in [5.41, 5.74) is 0.271. The molecular formula is C13H10FNO3S. The minimum atomic E-state index is -4.88. The maximum absolute atomic E-state index is 13.1. The van der Waals surface area contributed by atoms with Gasteiger partial charge in [-0.2, -0.15) is 8.42 Å². The number of benzene rings is 2. The first-order chi connectivity index (χ1) is 8.98. The van der Waals surface area contributed by atoms with E-state index in [1.807, 2.05) is 0 Å². The van der Waals surface area contributed by atoms with Gasteiger partial charge in [-0.15, -0.1) is 3.89 Å². The Morgan fingerprint density at radius 2 is 1.53 bits per heavy atom. The number of carbonyl (C=O) groups excluding carboxylic acids is 1. The first-order valence-electron chi connectivity index (χ1n) is 5.38. The van der Waals surface area contributed by atoms with Gasteiger partial charge < -0.3 is 5.32 Å². The summed E-state index contributed by atoms with van der Waals surface area (Å²) >= 11 is 0. The van der Waals surface area contributed by atoms with Crippen molar-refractivity contribution in [3.05, 3.63) is 60.2 Å². The van der Waals surface area contributed by atoms with Gasteiger partial charge in [0.2, 0.25) is 0 Å². The Hall–Kier alpha value is -2.21. The van der Waals surface area contributed by atoms with Gasteiger partial charge in [-0.1, -0.05) is 30.3 Å². The molecule has 0 spiro atoms. The number of amides is 1. The highest BCUT2D eigenvalue weighted by Gasteiger charge is 2.18. The maximum Gasteiger partial charge on any atom is 0.334 e. The lowest BCUT2D eigenvalue weighted by Crippen LogP contribution is -2.13. The molecule has 0 radical (unpaired) electrons. The fourth-order valence-corrected chi connectivity index (χ4v) is 2.19. The number of halogens is 1. The SMILES string of the molecule is O=C(Nc1ccccc1S(=O)(=O)F)c1ccccc1. The van der Waals surface area contributed by atoms with E-state index in [0.717, 1.165) is 6.07 Å². The lowest BCUT2D eigenvalue weighted by Gasteiger charge is -2.08. The largest absolute Gasteiger partial charge is 0.334 e. The van der Waals surface area contributed by atoms with Crippen molar-refractivity contribution in [3.63, 3.8) is 0 Å². The zero-order valence-electron chi connectivity index (χ0n) is 9.71. The van der Waals surface area contributed by atoms with Crippen LogP contribution in [-0.4, -0.2) is 14.3 Å². The average molecular weight is 279 g/mol. The van der Waals surface area contributed by atoms with Crippen molar-refractivity contribution in [3.8, 4) is 0 Å². The summed E-state index contributed by atoms with van der Waals surface area (Å²) in [4.78, 5) is 11.3. The zero-order valence-corrected chi connectivity index (χ0v) is 10.5. The van der Waals surface area contributed by atoms with Crippen molar-refractivity contribution in [1.29, 1.82) is 0 Å². The molecule has 0 heterocycles. The lowest BCUT2D eigenvalue weighted by atomic mass is 10.2. The molecule has 0 fully saturated rings. The summed E-state index contributed by atoms with van der Waals surface area (Å²) in [5, 5.41) is 2.38. The number of para-hydroxylation sites is 1. The summed E-state index contributed by atoms with van der Waals surface area (Å²) in [6, 6.07) is 13.5. The first kappa shape index (κ1) is 13.2. The molecule has 0 saturated heterocycles. The van der Waals surface area contributed by atoms with Crippen LogP contribution in [0.25, 0.3) is 0 Å². The van der Waals surface area contributed by atoms with Crippen molar-refractivity contribution in [2.24, 2.45) is 0 Å². The summed E-state index contributed by atoms with van der Waals surface area (Å²) in [7, 11) is -4.88. The number of carbonyl (C=O) groups is 1. The van der Waals surface area contributed by atoms with E-state index in [1.165, 1.54) is 18.2 Å². The monoisotopic (exact) mass is 279 g/mol. The second-order valence-corrected chi connectivity index (χ2v) is 5.07. The molecule has 6 heteroatoms. The number of rotatable bonds is 3. The Morgan fingerprint density at radius 1 is 0.947 bits per heavy atom. The summed E-state index contributed by atoms with van der Waals surface area (Å²) in [6.45, 7) is 0. The van der Waals surface area contributed by atoms with Gasteiger partial charge in [-0.05, 0) is 24.3 Å². The van der Waals surface area contributed by atoms with E-state index in [4.69, 9.17) is 0 Å². The molecule has 19 heavy (non-hydrogen) atoms. The van der Waals surface area contributed by atoms with Crippen LogP contribution in [-0.2, 0) is 10.2 Å². The van der Waals surface area contributed by atoms with Crippen LogP contribution in [0.2, 0.25) is 0 Å². The third-order valence-electron chi connectivity index (χ3n) is 2.43. The third kappa shape index (κ3) is 3.17. The Bertz CT molecular complexity index is 699. The molecule has 1 N–H and O–H groups in total. The average Bonchev–Trinajstić information content (AvgIpc) is 2.39. The fraction of sp³-hybridized carbons (Fsp3) is 0. The molecule has 2 aromatic carbocycles. The van der Waals surface area contributed by atoms with Crippen molar-refractivity contribution in [2.45, 2.75) is 4.90 Å². The molecule has 2 rings (SSSR count). The van der Waals surface area contributed by atoms with Gasteiger partial charge in [0, 0.05) is 5.56 Å². The van der Waals surface area contributed by atoms with Crippen LogP contribution in [0.5, 0.6) is 0 Å². The summed E-state index contributed by atoms with van der Waals surface area (Å²) in [6.07, 6.45) is 0. The van der Waals surface area contributed by atoms with E-state index in [0.29, 0.717) is 5.56 Å². The number of anilines is 1. The molecule has 4 nitrogen and oxygen atoms in total. The van der Waals surface area contributed by atoms with E-state index in [-0.39, 0.29) is 5.69 Å². The molecule has 0 aliphatic heterocycles. The van der Waals surface area contributed by atoms with Crippen molar-refractivity contribution in [2.75, 3.05) is 5.32 Å². The van der Waals surface area contributed by atoms with Crippen molar-refractivity contribution in [1.82, 2.24) is 0 Å². The molecule has 0 aliphatic carbocycles. The van der Waals surface area contributed by atoms with E-state index in [9.17, 15) is 17.1 Å². The van der Waals surface area contributed by atoms with Crippen LogP contribution >= 0.6 is 0 Å². The van der Waals surface area contributed by atoms with E-state index >= 15 is 0 Å². The molecule has 0 atom stereocenters. The maximum atomic E-state index is 13.1. The summed E-state index contributed by atoms with van der Waals surface area (Å²) in [5.74, 6) is -0.503. The van der Waals surface area contributed by atoms with E-state index in [1.54, 1.807) is 30.3 Å². The predicted octanol–water partition coefficient (Wildman–Crippen LogP) is 2.60. The lowest BCUT2D eigenvalue weighted by molar-refractivity contribution is 0.102. The van der Waals surface area contributed by atoms with Gasteiger partial charge in [0.1, 0.15) is 4.90 Å². The topological polar surface area (TPSA) is 63.2 Å². The summed E-state index contributed by atoms with van der Waals surface area (Å²) < 4.78 is 35.0. The van der Waals surface area contributed by atoms with Gasteiger partial charge >= 0.3 is 10.2 Å². The van der Waals surface area contributed by atoms with Crippen LogP contribution in [0.4, 0.5) is 9.57 Å². The third-order valence-corrected chi connectivity index (χ3v) is 3.32. The minimum Gasteiger partial charge on any atom is -0.321 e. The number of hydrogen-bond donors (Lipinski definition) is 1. The highest BCUT2D eigenvalue weighted by molar-refractivity contribution is 7.86. The van der Waals surface area contributed by atoms with Gasteiger partial charge in [0.15, 0.2) is 0 Å². The Kier molecular flexibility index (Phi) is 3.62. The Labute approximate surface area is 110 Å². The molecular weight excluding hydrogens is 269 g/mol. The Morgan fingerprint density at radius 3 is 2.16 bits per heavy atom. The quantitative estimate of drug-likeness (QED) is 0.878. The highest BCUT2D eigenvalue weighted by atomic mass is 32.3. The number of nitrogens with one attached hydrogen (secondary N) is 1. The standard InChI is InChI=1S/C13H10FNO3S/c14-19(17,18)12-9-5-4-8-11(12)15-13(16)10-6-2-1-3-7-10/h1-9H,(H,15,16). The highest BCUT2D eigenvalue weighted by Crippen LogP contribution is 2.23. The number of hydrogen-bond acceptors (Lipinski definition) is 3. The van der Waals surface area contributed by atoms with Crippen LogP contribution in [0.15, 0.2) is 59.5 Å². The molecule has 2 aromatic rings. The first-order valence-corrected chi connectivity index (χ1v) is 6.77. The van der Waals surface area contributed by atoms with E-state index < -0.39 is 21.0 Å². The van der Waals surface area contributed by atoms with Gasteiger partial charge in [-0.25, -0.2) is 0 Å². The molecule has 0 aromatic heterocycles. The predicted molar refractivity (Wildman–Crippen MR) is 69.1 cm³/mol. The molecule has 0 unspecified atom stereocenters.